The maximum Gasteiger partial charge on any atom is 0.322 e. The Morgan fingerprint density at radius 1 is 1.14 bits per heavy atom. The van der Waals surface area contributed by atoms with E-state index in [4.69, 9.17) is 5.11 Å². The molecule has 2 rings (SSSR count). The number of fused-ring (bicyclic) bond motifs is 1. The third-order valence-electron chi connectivity index (χ3n) is 3.18. The van der Waals surface area contributed by atoms with E-state index >= 15 is 0 Å². The summed E-state index contributed by atoms with van der Waals surface area (Å²) in [7, 11) is 0. The van der Waals surface area contributed by atoms with E-state index in [0.29, 0.717) is 0 Å². The van der Waals surface area contributed by atoms with E-state index in [1.165, 1.54) is 0 Å². The molecule has 0 bridgehead atoms. The third-order valence-corrected chi connectivity index (χ3v) is 3.18. The molecule has 0 heterocycles. The zero-order valence-corrected chi connectivity index (χ0v) is 11.2. The summed E-state index contributed by atoms with van der Waals surface area (Å²) >= 11 is 0. The monoisotopic (exact) mass is 284 g/mol. The number of hydrogen-bond acceptors (Lipinski definition) is 3. The largest absolute Gasteiger partial charge is 0.480 e. The van der Waals surface area contributed by atoms with Crippen molar-refractivity contribution in [2.75, 3.05) is 6.54 Å². The van der Waals surface area contributed by atoms with Gasteiger partial charge in [-0.15, -0.1) is 0 Å². The molecule has 1 unspecified atom stereocenters. The van der Waals surface area contributed by atoms with Gasteiger partial charge in [-0.3, -0.25) is 14.4 Å². The Balaban J connectivity index is 2.19. The zero-order valence-electron chi connectivity index (χ0n) is 11.2. The fourth-order valence-electron chi connectivity index (χ4n) is 2.16. The molecule has 1 amide bonds. The van der Waals surface area contributed by atoms with Gasteiger partial charge in [0.05, 0.1) is 0 Å². The first-order valence-corrected chi connectivity index (χ1v) is 6.45. The summed E-state index contributed by atoms with van der Waals surface area (Å²) in [5.74, 6) is -2.80. The zero-order chi connectivity index (χ0) is 15.2. The van der Waals surface area contributed by atoms with Crippen molar-refractivity contribution in [1.82, 2.24) is 5.32 Å². The van der Waals surface area contributed by atoms with Crippen LogP contribution in [0.1, 0.15) is 5.56 Å². The van der Waals surface area contributed by atoms with Gasteiger partial charge in [0.1, 0.15) is 12.5 Å². The molecule has 5 nitrogen and oxygen atoms in total. The highest BCUT2D eigenvalue weighted by atomic mass is 16.4. The minimum Gasteiger partial charge on any atom is -0.480 e. The van der Waals surface area contributed by atoms with Gasteiger partial charge in [0.2, 0.25) is 12.2 Å². The Bertz CT molecular complexity index is 676. The van der Waals surface area contributed by atoms with Gasteiger partial charge in [0.25, 0.3) is 0 Å². The van der Waals surface area contributed by atoms with Crippen LogP contribution in [-0.2, 0) is 20.8 Å². The minimum atomic E-state index is -1.15. The first kappa shape index (κ1) is 14.7. The van der Waals surface area contributed by atoms with E-state index < -0.39 is 24.3 Å². The number of amides is 1. The highest BCUT2D eigenvalue weighted by molar-refractivity contribution is 5.94. The number of benzene rings is 2. The SMILES string of the molecule is O=[C]C(Cc1cccc2ccccc12)C(=O)NCC(=O)O. The fourth-order valence-corrected chi connectivity index (χ4v) is 2.16. The van der Waals surface area contributed by atoms with Crippen LogP contribution in [0.15, 0.2) is 42.5 Å². The summed E-state index contributed by atoms with van der Waals surface area (Å²) in [6.07, 6.45) is 1.87. The first-order valence-electron chi connectivity index (χ1n) is 6.45. The van der Waals surface area contributed by atoms with Crippen molar-refractivity contribution in [2.45, 2.75) is 6.42 Å². The number of carbonyl (C=O) groups is 2. The molecule has 5 heteroatoms. The van der Waals surface area contributed by atoms with Gasteiger partial charge < -0.3 is 10.4 Å². The molecule has 1 atom stereocenters. The van der Waals surface area contributed by atoms with Gasteiger partial charge in [0, 0.05) is 0 Å². The fraction of sp³-hybridized carbons (Fsp3) is 0.188. The Hall–Kier alpha value is -2.69. The van der Waals surface area contributed by atoms with Crippen LogP contribution < -0.4 is 5.32 Å². The standard InChI is InChI=1S/C16H14NO4/c18-10-13(16(21)17-9-15(19)20)8-12-6-3-5-11-4-1-2-7-14(11)12/h1-7,13H,8-9H2,(H,17,21)(H,19,20). The van der Waals surface area contributed by atoms with Crippen molar-refractivity contribution < 1.29 is 19.5 Å². The van der Waals surface area contributed by atoms with Crippen LogP contribution in [0.2, 0.25) is 0 Å². The number of aliphatic carboxylic acids is 1. The molecule has 0 aromatic heterocycles. The molecule has 0 spiro atoms. The second kappa shape index (κ2) is 6.65. The minimum absolute atomic E-state index is 0.191. The molecule has 107 valence electrons. The van der Waals surface area contributed by atoms with Gasteiger partial charge in [-0.05, 0) is 22.8 Å². The Morgan fingerprint density at radius 2 is 1.86 bits per heavy atom. The summed E-state index contributed by atoms with van der Waals surface area (Å²) in [5, 5.41) is 12.7. The van der Waals surface area contributed by atoms with Crippen molar-refractivity contribution in [2.24, 2.45) is 5.92 Å². The van der Waals surface area contributed by atoms with Gasteiger partial charge >= 0.3 is 5.97 Å². The van der Waals surface area contributed by atoms with E-state index in [-0.39, 0.29) is 6.42 Å². The molecule has 21 heavy (non-hydrogen) atoms. The molecule has 0 aliphatic rings. The molecule has 2 N–H and O–H groups in total. The van der Waals surface area contributed by atoms with Crippen LogP contribution in [0.25, 0.3) is 10.8 Å². The van der Waals surface area contributed by atoms with Gasteiger partial charge in [-0.2, -0.15) is 0 Å². The van der Waals surface area contributed by atoms with Crippen molar-refractivity contribution >= 4 is 28.9 Å². The number of hydrogen-bond donors (Lipinski definition) is 2. The quantitative estimate of drug-likeness (QED) is 0.783. The van der Waals surface area contributed by atoms with Gasteiger partial charge in [0.15, 0.2) is 0 Å². The summed E-state index contributed by atoms with van der Waals surface area (Å²) in [5.41, 5.74) is 0.854. The predicted molar refractivity (Wildman–Crippen MR) is 77.5 cm³/mol. The molecular formula is C16H14NO4. The van der Waals surface area contributed by atoms with Crippen LogP contribution in [0.4, 0.5) is 0 Å². The van der Waals surface area contributed by atoms with Crippen molar-refractivity contribution in [3.05, 3.63) is 48.0 Å². The van der Waals surface area contributed by atoms with Crippen molar-refractivity contribution in [3.8, 4) is 0 Å². The lowest BCUT2D eigenvalue weighted by atomic mass is 9.95. The lowest BCUT2D eigenvalue weighted by molar-refractivity contribution is -0.138. The predicted octanol–water partition coefficient (Wildman–Crippen LogP) is 1.31. The molecular weight excluding hydrogens is 270 g/mol. The highest BCUT2D eigenvalue weighted by Crippen LogP contribution is 2.20. The van der Waals surface area contributed by atoms with E-state index in [1.807, 2.05) is 42.5 Å². The average molecular weight is 284 g/mol. The Kier molecular flexibility index (Phi) is 4.66. The van der Waals surface area contributed by atoms with Crippen LogP contribution in [0.5, 0.6) is 0 Å². The van der Waals surface area contributed by atoms with Crippen molar-refractivity contribution in [3.63, 3.8) is 0 Å². The third kappa shape index (κ3) is 3.66. The smallest absolute Gasteiger partial charge is 0.322 e. The summed E-state index contributed by atoms with van der Waals surface area (Å²) in [4.78, 5) is 33.2. The molecule has 0 fully saturated rings. The number of carboxylic acid groups (broad SMARTS) is 1. The maximum atomic E-state index is 11.8. The summed E-state index contributed by atoms with van der Waals surface area (Å²) < 4.78 is 0. The number of nitrogens with one attached hydrogen (secondary N) is 1. The maximum absolute atomic E-state index is 11.8. The molecule has 0 aliphatic heterocycles. The van der Waals surface area contributed by atoms with E-state index in [2.05, 4.69) is 5.32 Å². The van der Waals surface area contributed by atoms with E-state index in [0.717, 1.165) is 16.3 Å². The van der Waals surface area contributed by atoms with Crippen LogP contribution in [0, 0.1) is 5.92 Å². The highest BCUT2D eigenvalue weighted by Gasteiger charge is 2.20. The average Bonchev–Trinajstić information content (AvgIpc) is 2.50. The Labute approximate surface area is 121 Å². The van der Waals surface area contributed by atoms with E-state index in [1.54, 1.807) is 6.29 Å². The first-order chi connectivity index (χ1) is 10.1. The van der Waals surface area contributed by atoms with Crippen molar-refractivity contribution in [1.29, 1.82) is 0 Å². The summed E-state index contributed by atoms with van der Waals surface area (Å²) in [6, 6.07) is 13.3. The Morgan fingerprint density at radius 3 is 2.57 bits per heavy atom. The van der Waals surface area contributed by atoms with Crippen LogP contribution in [-0.4, -0.2) is 29.8 Å². The van der Waals surface area contributed by atoms with E-state index in [9.17, 15) is 14.4 Å². The lowest BCUT2D eigenvalue weighted by Crippen LogP contribution is -2.36. The summed E-state index contributed by atoms with van der Waals surface area (Å²) in [6.45, 7) is -0.507. The molecule has 2 aromatic rings. The second-order valence-corrected chi connectivity index (χ2v) is 4.62. The van der Waals surface area contributed by atoms with Crippen LogP contribution >= 0.6 is 0 Å². The topological polar surface area (TPSA) is 83.5 Å². The molecule has 0 saturated heterocycles. The lowest BCUT2D eigenvalue weighted by Gasteiger charge is -2.11. The second-order valence-electron chi connectivity index (χ2n) is 4.62. The molecule has 0 aliphatic carbocycles. The number of carboxylic acids is 1. The van der Waals surface area contributed by atoms with Crippen LogP contribution in [0.3, 0.4) is 0 Å². The number of rotatable bonds is 6. The van der Waals surface area contributed by atoms with Gasteiger partial charge in [-0.25, -0.2) is 0 Å². The molecule has 0 saturated carbocycles. The number of carbonyl (C=O) groups excluding carboxylic acids is 2. The molecule has 2 aromatic carbocycles. The normalized spacial score (nSPS) is 11.8. The van der Waals surface area contributed by atoms with Gasteiger partial charge in [-0.1, -0.05) is 42.5 Å². The molecule has 1 radical (unpaired) electrons.